The number of aliphatic hydroxyl groups excluding tert-OH is 1. The van der Waals surface area contributed by atoms with Crippen LogP contribution in [-0.2, 0) is 20.7 Å². The maximum absolute atomic E-state index is 13.3. The molecule has 1 heterocycles. The second-order valence-corrected chi connectivity index (χ2v) is 5.45. The Kier molecular flexibility index (Phi) is 5.88. The number of carbonyl (C=O) groups excluding carboxylic acids is 1. The monoisotopic (exact) mass is 311 g/mol. The van der Waals surface area contributed by atoms with Crippen LogP contribution in [0.5, 0.6) is 0 Å². The van der Waals surface area contributed by atoms with Crippen molar-refractivity contribution in [1.29, 1.82) is 0 Å². The fourth-order valence-corrected chi connectivity index (χ4v) is 2.62. The molecule has 6 heteroatoms. The van der Waals surface area contributed by atoms with Crippen LogP contribution < -0.4 is 0 Å². The molecule has 22 heavy (non-hydrogen) atoms. The molecule has 2 rings (SSSR count). The largest absolute Gasteiger partial charge is 0.393 e. The molecule has 1 aliphatic heterocycles. The molecule has 0 aliphatic carbocycles. The van der Waals surface area contributed by atoms with Crippen molar-refractivity contribution in [2.45, 2.75) is 18.9 Å². The predicted octanol–water partition coefficient (Wildman–Crippen LogP) is 0.995. The molecule has 0 unspecified atom stereocenters. The van der Waals surface area contributed by atoms with E-state index in [-0.39, 0.29) is 31.5 Å². The molecule has 122 valence electrons. The van der Waals surface area contributed by atoms with Crippen LogP contribution in [0.1, 0.15) is 12.5 Å². The van der Waals surface area contributed by atoms with Gasteiger partial charge in [-0.05, 0) is 24.6 Å². The minimum absolute atomic E-state index is 0.0258. The van der Waals surface area contributed by atoms with Crippen LogP contribution in [0.2, 0.25) is 0 Å². The number of hydrogen-bond donors (Lipinski definition) is 1. The Morgan fingerprint density at radius 2 is 2.36 bits per heavy atom. The van der Waals surface area contributed by atoms with E-state index in [0.29, 0.717) is 26.2 Å². The normalized spacial score (nSPS) is 21.9. The van der Waals surface area contributed by atoms with Crippen LogP contribution in [0.3, 0.4) is 0 Å². The van der Waals surface area contributed by atoms with Crippen molar-refractivity contribution in [1.82, 2.24) is 4.90 Å². The first-order valence-electron chi connectivity index (χ1n) is 7.43. The highest BCUT2D eigenvalue weighted by Crippen LogP contribution is 2.23. The summed E-state index contributed by atoms with van der Waals surface area (Å²) in [5, 5.41) is 9.76. The van der Waals surface area contributed by atoms with Gasteiger partial charge in [-0.1, -0.05) is 12.1 Å². The lowest BCUT2D eigenvalue weighted by atomic mass is 9.93. The average molecular weight is 311 g/mol. The highest BCUT2D eigenvalue weighted by molar-refractivity contribution is 5.77. The summed E-state index contributed by atoms with van der Waals surface area (Å²) in [6.07, 6.45) is 0.347. The molecule has 0 saturated carbocycles. The molecule has 5 nitrogen and oxygen atoms in total. The summed E-state index contributed by atoms with van der Waals surface area (Å²) < 4.78 is 24.2. The second-order valence-electron chi connectivity index (χ2n) is 5.45. The highest BCUT2D eigenvalue weighted by Gasteiger charge is 2.38. The maximum atomic E-state index is 13.3. The summed E-state index contributed by atoms with van der Waals surface area (Å²) >= 11 is 0. The fraction of sp³-hybridized carbons (Fsp3) is 0.562. The van der Waals surface area contributed by atoms with E-state index in [1.54, 1.807) is 17.0 Å². The number of carbonyl (C=O) groups is 1. The molecule has 0 spiro atoms. The number of halogens is 1. The molecule has 1 amide bonds. The molecular formula is C16H22FNO4. The lowest BCUT2D eigenvalue weighted by Crippen LogP contribution is -2.57. The standard InChI is InChI=1S/C16H22FNO4/c1-2-21-10-15(20)18-6-7-22-16(11-18,12-19)9-13-4-3-5-14(17)8-13/h3-5,8,19H,2,6-7,9-12H2,1H3/t16-/m0/s1. The Morgan fingerprint density at radius 3 is 3.05 bits per heavy atom. The Balaban J connectivity index is 2.06. The van der Waals surface area contributed by atoms with Gasteiger partial charge in [0.05, 0.1) is 19.8 Å². The zero-order valence-electron chi connectivity index (χ0n) is 12.8. The number of benzene rings is 1. The van der Waals surface area contributed by atoms with Crippen molar-refractivity contribution >= 4 is 5.91 Å². The van der Waals surface area contributed by atoms with Crippen LogP contribution in [0.4, 0.5) is 4.39 Å². The predicted molar refractivity (Wildman–Crippen MR) is 78.9 cm³/mol. The molecule has 1 atom stereocenters. The van der Waals surface area contributed by atoms with Gasteiger partial charge in [-0.3, -0.25) is 4.79 Å². The Morgan fingerprint density at radius 1 is 1.55 bits per heavy atom. The van der Waals surface area contributed by atoms with Crippen molar-refractivity contribution in [3.63, 3.8) is 0 Å². The number of ether oxygens (including phenoxy) is 2. The molecule has 0 radical (unpaired) electrons. The van der Waals surface area contributed by atoms with E-state index in [1.807, 2.05) is 6.92 Å². The molecule has 0 aromatic heterocycles. The van der Waals surface area contributed by atoms with Gasteiger partial charge in [0.15, 0.2) is 0 Å². The number of amides is 1. The third-order valence-corrected chi connectivity index (χ3v) is 3.73. The number of nitrogens with zero attached hydrogens (tertiary/aromatic N) is 1. The third kappa shape index (κ3) is 4.25. The molecule has 1 saturated heterocycles. The molecule has 1 aromatic carbocycles. The summed E-state index contributed by atoms with van der Waals surface area (Å²) in [7, 11) is 0. The number of aliphatic hydroxyl groups is 1. The molecule has 1 fully saturated rings. The van der Waals surface area contributed by atoms with Gasteiger partial charge in [-0.15, -0.1) is 0 Å². The summed E-state index contributed by atoms with van der Waals surface area (Å²) in [5.41, 5.74) is -0.165. The minimum atomic E-state index is -0.895. The minimum Gasteiger partial charge on any atom is -0.393 e. The topological polar surface area (TPSA) is 59.0 Å². The maximum Gasteiger partial charge on any atom is 0.248 e. The van der Waals surface area contributed by atoms with E-state index in [1.165, 1.54) is 12.1 Å². The lowest BCUT2D eigenvalue weighted by Gasteiger charge is -2.41. The summed E-state index contributed by atoms with van der Waals surface area (Å²) in [6, 6.07) is 6.19. The van der Waals surface area contributed by atoms with Crippen LogP contribution in [-0.4, -0.2) is 61.0 Å². The van der Waals surface area contributed by atoms with Gasteiger partial charge in [0, 0.05) is 19.6 Å². The zero-order valence-corrected chi connectivity index (χ0v) is 12.8. The van der Waals surface area contributed by atoms with Crippen LogP contribution in [0.15, 0.2) is 24.3 Å². The summed E-state index contributed by atoms with van der Waals surface area (Å²) in [4.78, 5) is 13.7. The van der Waals surface area contributed by atoms with Crippen LogP contribution in [0, 0.1) is 5.82 Å². The Bertz CT molecular complexity index is 511. The first kappa shape index (κ1) is 16.9. The van der Waals surface area contributed by atoms with Crippen molar-refractivity contribution in [3.05, 3.63) is 35.6 Å². The van der Waals surface area contributed by atoms with Crippen molar-refractivity contribution in [3.8, 4) is 0 Å². The first-order valence-corrected chi connectivity index (χ1v) is 7.43. The first-order chi connectivity index (χ1) is 10.6. The molecule has 0 bridgehead atoms. The van der Waals surface area contributed by atoms with E-state index in [9.17, 15) is 14.3 Å². The Hall–Kier alpha value is -1.50. The highest BCUT2D eigenvalue weighted by atomic mass is 19.1. The van der Waals surface area contributed by atoms with E-state index < -0.39 is 5.60 Å². The van der Waals surface area contributed by atoms with Crippen LogP contribution >= 0.6 is 0 Å². The van der Waals surface area contributed by atoms with Gasteiger partial charge >= 0.3 is 0 Å². The number of morpholine rings is 1. The zero-order chi connectivity index (χ0) is 16.0. The van der Waals surface area contributed by atoms with E-state index in [0.717, 1.165) is 5.56 Å². The van der Waals surface area contributed by atoms with Gasteiger partial charge in [0.2, 0.25) is 5.91 Å². The molecule has 1 aliphatic rings. The summed E-state index contributed by atoms with van der Waals surface area (Å²) in [5.74, 6) is -0.451. The second kappa shape index (κ2) is 7.67. The third-order valence-electron chi connectivity index (χ3n) is 3.73. The van der Waals surface area contributed by atoms with Crippen molar-refractivity contribution in [2.24, 2.45) is 0 Å². The van der Waals surface area contributed by atoms with Gasteiger partial charge in [-0.25, -0.2) is 4.39 Å². The van der Waals surface area contributed by atoms with Gasteiger partial charge < -0.3 is 19.5 Å². The average Bonchev–Trinajstić information content (AvgIpc) is 2.53. The fourth-order valence-electron chi connectivity index (χ4n) is 2.62. The van der Waals surface area contributed by atoms with Gasteiger partial charge in [0.25, 0.3) is 0 Å². The van der Waals surface area contributed by atoms with Crippen molar-refractivity contribution < 1.29 is 23.8 Å². The van der Waals surface area contributed by atoms with Crippen molar-refractivity contribution in [2.75, 3.05) is 39.5 Å². The van der Waals surface area contributed by atoms with E-state index >= 15 is 0 Å². The van der Waals surface area contributed by atoms with Gasteiger partial charge in [-0.2, -0.15) is 0 Å². The number of hydrogen-bond acceptors (Lipinski definition) is 4. The Labute approximate surface area is 129 Å². The summed E-state index contributed by atoms with van der Waals surface area (Å²) in [6.45, 7) is 3.18. The number of rotatable bonds is 6. The molecule has 1 N–H and O–H groups in total. The van der Waals surface area contributed by atoms with E-state index in [2.05, 4.69) is 0 Å². The quantitative estimate of drug-likeness (QED) is 0.851. The van der Waals surface area contributed by atoms with E-state index in [4.69, 9.17) is 9.47 Å². The van der Waals surface area contributed by atoms with Gasteiger partial charge in [0.1, 0.15) is 18.0 Å². The lowest BCUT2D eigenvalue weighted by molar-refractivity contribution is -0.161. The SMILES string of the molecule is CCOCC(=O)N1CCO[C@@](CO)(Cc2cccc(F)c2)C1. The molecular weight excluding hydrogens is 289 g/mol. The van der Waals surface area contributed by atoms with Crippen LogP contribution in [0.25, 0.3) is 0 Å². The smallest absolute Gasteiger partial charge is 0.248 e. The molecule has 1 aromatic rings.